The zero-order valence-electron chi connectivity index (χ0n) is 8.97. The zero-order chi connectivity index (χ0) is 11.6. The lowest BCUT2D eigenvalue weighted by atomic mass is 10.1. The summed E-state index contributed by atoms with van der Waals surface area (Å²) in [4.78, 5) is 15.8. The summed E-state index contributed by atoms with van der Waals surface area (Å²) in [7, 11) is 0. The summed E-state index contributed by atoms with van der Waals surface area (Å²) in [5.74, 6) is 0.298. The summed E-state index contributed by atoms with van der Waals surface area (Å²) in [5, 5.41) is 2.67. The van der Waals surface area contributed by atoms with E-state index in [1.165, 1.54) is 0 Å². The minimum Gasteiger partial charge on any atom is -0.318 e. The number of hydrogen-bond acceptors (Lipinski definition) is 3. The third kappa shape index (κ3) is 3.42. The van der Waals surface area contributed by atoms with Gasteiger partial charge in [-0.3, -0.25) is 4.79 Å². The highest BCUT2D eigenvalue weighted by Gasteiger charge is 2.22. The average Bonchev–Trinajstić information content (AvgIpc) is 2.10. The second-order valence-electron chi connectivity index (χ2n) is 3.94. The summed E-state index contributed by atoms with van der Waals surface area (Å²) in [6, 6.07) is 3.67. The van der Waals surface area contributed by atoms with Crippen LogP contribution in [-0.4, -0.2) is 16.4 Å². The molecule has 0 radical (unpaired) electrons. The lowest BCUT2D eigenvalue weighted by Crippen LogP contribution is -2.45. The molecule has 0 spiro atoms. The number of aromatic nitrogens is 1. The molecule has 0 bridgehead atoms. The van der Waals surface area contributed by atoms with Gasteiger partial charge in [-0.1, -0.05) is 0 Å². The van der Waals surface area contributed by atoms with Crippen molar-refractivity contribution < 1.29 is 4.79 Å². The van der Waals surface area contributed by atoms with Gasteiger partial charge >= 0.3 is 0 Å². The van der Waals surface area contributed by atoms with Crippen molar-refractivity contribution >= 4 is 34.3 Å². The molecular weight excluding hydrogens is 305 g/mol. The van der Waals surface area contributed by atoms with Gasteiger partial charge in [0, 0.05) is 3.57 Å². The summed E-state index contributed by atoms with van der Waals surface area (Å²) in [5.41, 5.74) is 5.66. The second kappa shape index (κ2) is 4.44. The number of aryl methyl sites for hydroxylation is 1. The Morgan fingerprint density at radius 3 is 2.60 bits per heavy atom. The van der Waals surface area contributed by atoms with Gasteiger partial charge in [0.25, 0.3) is 0 Å². The molecule has 0 atom stereocenters. The van der Waals surface area contributed by atoms with Crippen molar-refractivity contribution in [2.45, 2.75) is 26.3 Å². The van der Waals surface area contributed by atoms with Crippen LogP contribution in [0.2, 0.25) is 0 Å². The zero-order valence-corrected chi connectivity index (χ0v) is 11.1. The lowest BCUT2D eigenvalue weighted by molar-refractivity contribution is -0.120. The maximum absolute atomic E-state index is 11.6. The molecule has 5 heteroatoms. The van der Waals surface area contributed by atoms with Gasteiger partial charge in [-0.05, 0) is 55.5 Å². The molecule has 1 rings (SSSR count). The molecule has 0 saturated heterocycles. The molecule has 0 aliphatic heterocycles. The van der Waals surface area contributed by atoms with E-state index in [2.05, 4.69) is 32.9 Å². The first-order valence-corrected chi connectivity index (χ1v) is 5.62. The molecule has 1 amide bonds. The topological polar surface area (TPSA) is 68.0 Å². The lowest BCUT2D eigenvalue weighted by Gasteiger charge is -2.17. The number of nitrogens with two attached hydrogens (primary N) is 1. The molecule has 0 saturated carbocycles. The Kier molecular flexibility index (Phi) is 3.67. The smallest absolute Gasteiger partial charge is 0.245 e. The average molecular weight is 319 g/mol. The number of carbonyl (C=O) groups excluding carboxylic acids is 1. The molecule has 0 aromatic carbocycles. The largest absolute Gasteiger partial charge is 0.318 e. The summed E-state index contributed by atoms with van der Waals surface area (Å²) >= 11 is 2.19. The summed E-state index contributed by atoms with van der Waals surface area (Å²) < 4.78 is 1.07. The molecule has 1 heterocycles. The first-order chi connectivity index (χ1) is 6.80. The maximum atomic E-state index is 11.6. The first-order valence-electron chi connectivity index (χ1n) is 4.54. The van der Waals surface area contributed by atoms with Crippen LogP contribution in [0.4, 0.5) is 5.82 Å². The van der Waals surface area contributed by atoms with Crippen LogP contribution in [0, 0.1) is 10.5 Å². The Bertz CT molecular complexity index is 385. The van der Waals surface area contributed by atoms with Crippen molar-refractivity contribution in [3.63, 3.8) is 0 Å². The van der Waals surface area contributed by atoms with Gasteiger partial charge in [0.05, 0.1) is 11.2 Å². The summed E-state index contributed by atoms with van der Waals surface area (Å²) in [6.45, 7) is 5.20. The molecule has 0 aliphatic carbocycles. The Morgan fingerprint density at radius 1 is 1.53 bits per heavy atom. The SMILES string of the molecule is Cc1nc(NC(=O)C(C)(C)N)ccc1I. The van der Waals surface area contributed by atoms with Crippen LogP contribution in [0.15, 0.2) is 12.1 Å². The normalized spacial score (nSPS) is 11.3. The van der Waals surface area contributed by atoms with Gasteiger partial charge in [-0.2, -0.15) is 0 Å². The van der Waals surface area contributed by atoms with E-state index in [4.69, 9.17) is 5.73 Å². The Balaban J connectivity index is 2.83. The Labute approximate surface area is 103 Å². The van der Waals surface area contributed by atoms with E-state index in [9.17, 15) is 4.79 Å². The first kappa shape index (κ1) is 12.4. The van der Waals surface area contributed by atoms with Crippen LogP contribution in [0.25, 0.3) is 0 Å². The van der Waals surface area contributed by atoms with Gasteiger partial charge in [0.15, 0.2) is 0 Å². The maximum Gasteiger partial charge on any atom is 0.245 e. The molecular formula is C10H14IN3O. The fourth-order valence-corrected chi connectivity index (χ4v) is 1.19. The molecule has 1 aromatic heterocycles. The molecule has 0 fully saturated rings. The minimum absolute atomic E-state index is 0.240. The monoisotopic (exact) mass is 319 g/mol. The van der Waals surface area contributed by atoms with Crippen molar-refractivity contribution in [3.05, 3.63) is 21.4 Å². The second-order valence-corrected chi connectivity index (χ2v) is 5.10. The Morgan fingerprint density at radius 2 is 2.13 bits per heavy atom. The van der Waals surface area contributed by atoms with E-state index >= 15 is 0 Å². The van der Waals surface area contributed by atoms with Gasteiger partial charge in [-0.15, -0.1) is 0 Å². The molecule has 4 nitrogen and oxygen atoms in total. The standard InChI is InChI=1S/C10H14IN3O/c1-6-7(11)4-5-8(13-6)14-9(15)10(2,3)12/h4-5H,12H2,1-3H3,(H,13,14,15). The highest BCUT2D eigenvalue weighted by Crippen LogP contribution is 2.13. The Hall–Kier alpha value is -0.690. The number of halogens is 1. The van der Waals surface area contributed by atoms with Crippen molar-refractivity contribution in [3.8, 4) is 0 Å². The van der Waals surface area contributed by atoms with E-state index in [1.54, 1.807) is 19.9 Å². The molecule has 82 valence electrons. The van der Waals surface area contributed by atoms with E-state index in [0.29, 0.717) is 5.82 Å². The highest BCUT2D eigenvalue weighted by atomic mass is 127. The van der Waals surface area contributed by atoms with Crippen molar-refractivity contribution in [1.29, 1.82) is 0 Å². The molecule has 0 unspecified atom stereocenters. The molecule has 1 aromatic rings. The van der Waals surface area contributed by atoms with E-state index in [-0.39, 0.29) is 5.91 Å². The predicted molar refractivity (Wildman–Crippen MR) is 68.6 cm³/mol. The van der Waals surface area contributed by atoms with Crippen LogP contribution >= 0.6 is 22.6 Å². The minimum atomic E-state index is -0.890. The number of pyridine rings is 1. The third-order valence-electron chi connectivity index (χ3n) is 1.85. The van der Waals surface area contributed by atoms with Crippen LogP contribution in [-0.2, 0) is 4.79 Å². The van der Waals surface area contributed by atoms with Crippen LogP contribution < -0.4 is 11.1 Å². The van der Waals surface area contributed by atoms with Crippen molar-refractivity contribution in [1.82, 2.24) is 4.98 Å². The number of nitrogens with one attached hydrogen (secondary N) is 1. The number of carbonyl (C=O) groups is 1. The van der Waals surface area contributed by atoms with E-state index in [0.717, 1.165) is 9.26 Å². The fraction of sp³-hybridized carbons (Fsp3) is 0.400. The van der Waals surface area contributed by atoms with Crippen LogP contribution in [0.3, 0.4) is 0 Å². The molecule has 3 N–H and O–H groups in total. The number of amides is 1. The fourth-order valence-electron chi connectivity index (χ4n) is 0.891. The van der Waals surface area contributed by atoms with E-state index < -0.39 is 5.54 Å². The van der Waals surface area contributed by atoms with Crippen LogP contribution in [0.1, 0.15) is 19.5 Å². The van der Waals surface area contributed by atoms with Crippen molar-refractivity contribution in [2.24, 2.45) is 5.73 Å². The van der Waals surface area contributed by atoms with E-state index in [1.807, 2.05) is 13.0 Å². The number of hydrogen-bond donors (Lipinski definition) is 2. The van der Waals surface area contributed by atoms with Gasteiger partial charge < -0.3 is 11.1 Å². The van der Waals surface area contributed by atoms with Gasteiger partial charge in [0.2, 0.25) is 5.91 Å². The number of anilines is 1. The quantitative estimate of drug-likeness (QED) is 0.815. The van der Waals surface area contributed by atoms with Crippen LogP contribution in [0.5, 0.6) is 0 Å². The molecule has 15 heavy (non-hydrogen) atoms. The van der Waals surface area contributed by atoms with Gasteiger partial charge in [0.1, 0.15) is 5.82 Å². The third-order valence-corrected chi connectivity index (χ3v) is 2.99. The predicted octanol–water partition coefficient (Wildman–Crippen LogP) is 1.67. The molecule has 0 aliphatic rings. The van der Waals surface area contributed by atoms with Gasteiger partial charge in [-0.25, -0.2) is 4.98 Å². The number of rotatable bonds is 2. The number of nitrogens with zero attached hydrogens (tertiary/aromatic N) is 1. The highest BCUT2D eigenvalue weighted by molar-refractivity contribution is 14.1. The van der Waals surface area contributed by atoms with Crippen molar-refractivity contribution in [2.75, 3.05) is 5.32 Å². The summed E-state index contributed by atoms with van der Waals surface area (Å²) in [6.07, 6.45) is 0.